The van der Waals surface area contributed by atoms with Gasteiger partial charge in [0.1, 0.15) is 4.90 Å². The zero-order valence-corrected chi connectivity index (χ0v) is 13.6. The van der Waals surface area contributed by atoms with Crippen LogP contribution in [0.4, 0.5) is 5.69 Å². The molecule has 2 rings (SSSR count). The van der Waals surface area contributed by atoms with E-state index in [-0.39, 0.29) is 15.6 Å². The summed E-state index contributed by atoms with van der Waals surface area (Å²) in [6.45, 7) is 0.501. The summed E-state index contributed by atoms with van der Waals surface area (Å²) in [6, 6.07) is 2.81. The summed E-state index contributed by atoms with van der Waals surface area (Å²) in [6.07, 6.45) is 4.48. The molecule has 0 unspecified atom stereocenters. The molecule has 0 bridgehead atoms. The first-order valence-corrected chi connectivity index (χ1v) is 8.73. The molecule has 1 aromatic rings. The van der Waals surface area contributed by atoms with Crippen LogP contribution in [-0.4, -0.2) is 26.3 Å². The topological polar surface area (TPSA) is 63.4 Å². The molecule has 0 spiro atoms. The van der Waals surface area contributed by atoms with Gasteiger partial charge >= 0.3 is 0 Å². The van der Waals surface area contributed by atoms with Crippen molar-refractivity contribution in [1.82, 2.24) is 4.31 Å². The normalized spacial score (nSPS) is 17.0. The molecule has 0 amide bonds. The van der Waals surface area contributed by atoms with Crippen molar-refractivity contribution in [2.75, 3.05) is 19.3 Å². The van der Waals surface area contributed by atoms with E-state index in [2.05, 4.69) is 0 Å². The van der Waals surface area contributed by atoms with Gasteiger partial charge in [0.25, 0.3) is 0 Å². The molecule has 0 saturated heterocycles. The monoisotopic (exact) mass is 336 g/mol. The number of halogens is 2. The van der Waals surface area contributed by atoms with Crippen LogP contribution >= 0.6 is 23.2 Å². The van der Waals surface area contributed by atoms with Crippen LogP contribution in [0.25, 0.3) is 0 Å². The van der Waals surface area contributed by atoms with E-state index in [1.54, 1.807) is 7.05 Å². The molecule has 1 saturated carbocycles. The SMILES string of the molecule is CN(CC1CCCC1)S(=O)(=O)c1c(N)cc(Cl)cc1Cl. The van der Waals surface area contributed by atoms with Gasteiger partial charge in [-0.1, -0.05) is 36.0 Å². The van der Waals surface area contributed by atoms with Crippen molar-refractivity contribution in [1.29, 1.82) is 0 Å². The summed E-state index contributed by atoms with van der Waals surface area (Å²) in [5, 5.41) is 0.387. The predicted octanol–water partition coefficient (Wildman–Crippen LogP) is 3.39. The second kappa shape index (κ2) is 6.10. The van der Waals surface area contributed by atoms with E-state index in [0.717, 1.165) is 12.8 Å². The van der Waals surface area contributed by atoms with Gasteiger partial charge in [0.15, 0.2) is 0 Å². The lowest BCUT2D eigenvalue weighted by Gasteiger charge is -2.22. The maximum absolute atomic E-state index is 12.6. The third kappa shape index (κ3) is 3.22. The first-order valence-electron chi connectivity index (χ1n) is 6.53. The molecule has 1 fully saturated rings. The molecule has 1 aliphatic rings. The molecule has 0 aliphatic heterocycles. The smallest absolute Gasteiger partial charge is 0.246 e. The average Bonchev–Trinajstić information content (AvgIpc) is 2.79. The number of anilines is 1. The van der Waals surface area contributed by atoms with E-state index in [0.29, 0.717) is 17.5 Å². The Labute approximate surface area is 129 Å². The summed E-state index contributed by atoms with van der Waals surface area (Å²) in [5.74, 6) is 0.419. The van der Waals surface area contributed by atoms with Crippen LogP contribution in [0.15, 0.2) is 17.0 Å². The zero-order valence-electron chi connectivity index (χ0n) is 11.3. The number of benzene rings is 1. The van der Waals surface area contributed by atoms with Crippen LogP contribution in [0.5, 0.6) is 0 Å². The van der Waals surface area contributed by atoms with Gasteiger partial charge in [-0.25, -0.2) is 12.7 Å². The molecule has 2 N–H and O–H groups in total. The Bertz CT molecular complexity index is 575. The number of nitrogen functional groups attached to an aromatic ring is 1. The van der Waals surface area contributed by atoms with Crippen molar-refractivity contribution in [2.45, 2.75) is 30.6 Å². The lowest BCUT2D eigenvalue weighted by atomic mass is 10.1. The molecule has 1 aliphatic carbocycles. The molecule has 7 heteroatoms. The fourth-order valence-corrected chi connectivity index (χ4v) is 4.85. The summed E-state index contributed by atoms with van der Waals surface area (Å²) >= 11 is 11.8. The van der Waals surface area contributed by atoms with E-state index >= 15 is 0 Å². The maximum Gasteiger partial charge on any atom is 0.246 e. The minimum absolute atomic E-state index is 0.0518. The van der Waals surface area contributed by atoms with Crippen LogP contribution in [0.3, 0.4) is 0 Å². The van der Waals surface area contributed by atoms with Crippen molar-refractivity contribution in [3.05, 3.63) is 22.2 Å². The molecule has 0 atom stereocenters. The quantitative estimate of drug-likeness (QED) is 0.857. The molecular formula is C13H18Cl2N2O2S. The van der Waals surface area contributed by atoms with E-state index in [1.165, 1.54) is 29.3 Å². The first-order chi connectivity index (χ1) is 9.32. The summed E-state index contributed by atoms with van der Waals surface area (Å²) in [7, 11) is -2.12. The van der Waals surface area contributed by atoms with Crippen LogP contribution in [0.1, 0.15) is 25.7 Å². The zero-order chi connectivity index (χ0) is 14.9. The van der Waals surface area contributed by atoms with E-state index < -0.39 is 10.0 Å². The molecule has 20 heavy (non-hydrogen) atoms. The highest BCUT2D eigenvalue weighted by Crippen LogP contribution is 2.34. The van der Waals surface area contributed by atoms with Gasteiger partial charge in [-0.2, -0.15) is 0 Å². The molecule has 0 radical (unpaired) electrons. The number of hydrogen-bond donors (Lipinski definition) is 1. The van der Waals surface area contributed by atoms with Gasteiger partial charge in [-0.3, -0.25) is 0 Å². The molecule has 1 aromatic carbocycles. The Kier molecular flexibility index (Phi) is 4.84. The van der Waals surface area contributed by atoms with Gasteiger partial charge in [0, 0.05) is 18.6 Å². The first kappa shape index (κ1) is 15.9. The third-order valence-corrected chi connectivity index (χ3v) is 6.27. The Morgan fingerprint density at radius 2 is 1.90 bits per heavy atom. The van der Waals surface area contributed by atoms with E-state index in [1.807, 2.05) is 0 Å². The fraction of sp³-hybridized carbons (Fsp3) is 0.538. The standard InChI is InChI=1S/C13H18Cl2N2O2S/c1-17(8-9-4-2-3-5-9)20(18,19)13-11(15)6-10(14)7-12(13)16/h6-7,9H,2-5,8,16H2,1H3. The van der Waals surface area contributed by atoms with E-state index in [4.69, 9.17) is 28.9 Å². The molecule has 0 aromatic heterocycles. The average molecular weight is 337 g/mol. The lowest BCUT2D eigenvalue weighted by molar-refractivity contribution is 0.387. The van der Waals surface area contributed by atoms with Crippen molar-refractivity contribution in [3.63, 3.8) is 0 Å². The van der Waals surface area contributed by atoms with Gasteiger partial charge in [0.2, 0.25) is 10.0 Å². The number of sulfonamides is 1. The highest BCUT2D eigenvalue weighted by Gasteiger charge is 2.29. The Morgan fingerprint density at radius 3 is 2.45 bits per heavy atom. The second-order valence-electron chi connectivity index (χ2n) is 5.24. The third-order valence-electron chi connectivity index (χ3n) is 3.70. The van der Waals surface area contributed by atoms with Crippen molar-refractivity contribution < 1.29 is 8.42 Å². The van der Waals surface area contributed by atoms with Crippen molar-refractivity contribution in [3.8, 4) is 0 Å². The highest BCUT2D eigenvalue weighted by atomic mass is 35.5. The van der Waals surface area contributed by atoms with Crippen molar-refractivity contribution >= 4 is 38.9 Å². The number of rotatable bonds is 4. The fourth-order valence-electron chi connectivity index (χ4n) is 2.66. The van der Waals surface area contributed by atoms with Crippen LogP contribution in [0, 0.1) is 5.92 Å². The van der Waals surface area contributed by atoms with E-state index in [9.17, 15) is 8.42 Å². The van der Waals surface area contributed by atoms with Gasteiger partial charge in [-0.15, -0.1) is 0 Å². The Hall–Kier alpha value is -0.490. The maximum atomic E-state index is 12.6. The number of nitrogens with zero attached hydrogens (tertiary/aromatic N) is 1. The summed E-state index contributed by atoms with van der Waals surface area (Å²) in [4.78, 5) is -0.0518. The minimum Gasteiger partial charge on any atom is -0.398 e. The minimum atomic E-state index is -3.69. The molecule has 0 heterocycles. The second-order valence-corrected chi connectivity index (χ2v) is 8.07. The predicted molar refractivity (Wildman–Crippen MR) is 82.6 cm³/mol. The summed E-state index contributed by atoms with van der Waals surface area (Å²) < 4.78 is 26.5. The summed E-state index contributed by atoms with van der Waals surface area (Å²) in [5.41, 5.74) is 5.86. The largest absolute Gasteiger partial charge is 0.398 e. The Morgan fingerprint density at radius 1 is 1.30 bits per heavy atom. The Balaban J connectivity index is 2.29. The van der Waals surface area contributed by atoms with Crippen molar-refractivity contribution in [2.24, 2.45) is 5.92 Å². The lowest BCUT2D eigenvalue weighted by Crippen LogP contribution is -2.32. The molecule has 4 nitrogen and oxygen atoms in total. The molecule has 112 valence electrons. The van der Waals surface area contributed by atoms with Crippen LogP contribution < -0.4 is 5.73 Å². The van der Waals surface area contributed by atoms with Gasteiger partial charge in [-0.05, 0) is 30.9 Å². The number of nitrogens with two attached hydrogens (primary N) is 1. The van der Waals surface area contributed by atoms with Crippen LogP contribution in [0.2, 0.25) is 10.0 Å². The van der Waals surface area contributed by atoms with Gasteiger partial charge in [0.05, 0.1) is 10.7 Å². The molecular weight excluding hydrogens is 319 g/mol. The number of hydrogen-bond acceptors (Lipinski definition) is 3. The van der Waals surface area contributed by atoms with Gasteiger partial charge < -0.3 is 5.73 Å². The van der Waals surface area contributed by atoms with Crippen LogP contribution in [-0.2, 0) is 10.0 Å². The highest BCUT2D eigenvalue weighted by molar-refractivity contribution is 7.89.